The standard InChI is InChI=1S/C11H14F3N3O2/c1-4-17(10(2,3)8(18)19)9-15-6-5-7(16-9)11(12,13)14/h5-6H,4H2,1-3H3,(H,18,19). The molecule has 1 aromatic rings. The Morgan fingerprint density at radius 2 is 2.00 bits per heavy atom. The first-order chi connectivity index (χ1) is 8.60. The summed E-state index contributed by atoms with van der Waals surface area (Å²) < 4.78 is 37.7. The van der Waals surface area contributed by atoms with E-state index in [2.05, 4.69) is 9.97 Å². The average Bonchev–Trinajstić information content (AvgIpc) is 2.28. The Labute approximate surface area is 108 Å². The summed E-state index contributed by atoms with van der Waals surface area (Å²) in [6.45, 7) is 4.54. The van der Waals surface area contributed by atoms with Crippen LogP contribution in [0.2, 0.25) is 0 Å². The molecule has 0 atom stereocenters. The summed E-state index contributed by atoms with van der Waals surface area (Å²) in [5, 5.41) is 9.11. The van der Waals surface area contributed by atoms with E-state index in [9.17, 15) is 18.0 Å². The van der Waals surface area contributed by atoms with Crippen molar-refractivity contribution in [3.05, 3.63) is 18.0 Å². The molecule has 0 aromatic carbocycles. The van der Waals surface area contributed by atoms with Gasteiger partial charge in [0.15, 0.2) is 0 Å². The van der Waals surface area contributed by atoms with Crippen molar-refractivity contribution >= 4 is 11.9 Å². The number of hydrogen-bond acceptors (Lipinski definition) is 4. The minimum Gasteiger partial charge on any atom is -0.480 e. The fourth-order valence-corrected chi connectivity index (χ4v) is 1.54. The first kappa shape index (κ1) is 15.2. The molecule has 106 valence electrons. The number of anilines is 1. The van der Waals surface area contributed by atoms with Gasteiger partial charge in [0.1, 0.15) is 11.2 Å². The van der Waals surface area contributed by atoms with Crippen LogP contribution in [0.3, 0.4) is 0 Å². The number of carboxylic acid groups (broad SMARTS) is 1. The molecule has 0 bridgehead atoms. The number of aliphatic carboxylic acids is 1. The molecule has 0 unspecified atom stereocenters. The first-order valence-electron chi connectivity index (χ1n) is 5.52. The van der Waals surface area contributed by atoms with Crippen LogP contribution in [0, 0.1) is 0 Å². The van der Waals surface area contributed by atoms with Gasteiger partial charge in [0, 0.05) is 12.7 Å². The number of hydrogen-bond donors (Lipinski definition) is 1. The highest BCUT2D eigenvalue weighted by atomic mass is 19.4. The summed E-state index contributed by atoms with van der Waals surface area (Å²) in [6, 6.07) is 0.741. The highest BCUT2D eigenvalue weighted by Crippen LogP contribution is 2.29. The molecule has 0 radical (unpaired) electrons. The number of likely N-dealkylation sites (N-methyl/N-ethyl adjacent to an activating group) is 1. The largest absolute Gasteiger partial charge is 0.480 e. The molecular weight excluding hydrogens is 263 g/mol. The van der Waals surface area contributed by atoms with E-state index in [4.69, 9.17) is 5.11 Å². The summed E-state index contributed by atoms with van der Waals surface area (Å²) in [5.41, 5.74) is -2.50. The highest BCUT2D eigenvalue weighted by molar-refractivity contribution is 5.81. The minimum absolute atomic E-state index is 0.167. The van der Waals surface area contributed by atoms with Gasteiger partial charge in [-0.3, -0.25) is 0 Å². The Morgan fingerprint density at radius 3 is 2.42 bits per heavy atom. The lowest BCUT2D eigenvalue weighted by atomic mass is 10.0. The van der Waals surface area contributed by atoms with Gasteiger partial charge >= 0.3 is 12.1 Å². The molecule has 0 amide bonds. The number of aromatic nitrogens is 2. The number of nitrogens with zero attached hydrogens (tertiary/aromatic N) is 3. The lowest BCUT2D eigenvalue weighted by molar-refractivity contribution is -0.142. The van der Waals surface area contributed by atoms with Crippen LogP contribution in [0.5, 0.6) is 0 Å². The molecule has 0 saturated heterocycles. The fourth-order valence-electron chi connectivity index (χ4n) is 1.54. The molecule has 1 heterocycles. The van der Waals surface area contributed by atoms with Crippen LogP contribution >= 0.6 is 0 Å². The second kappa shape index (κ2) is 5.02. The van der Waals surface area contributed by atoms with Gasteiger partial charge in [0.2, 0.25) is 5.95 Å². The van der Waals surface area contributed by atoms with Crippen LogP contribution in [-0.4, -0.2) is 33.1 Å². The lowest BCUT2D eigenvalue weighted by Gasteiger charge is -2.34. The van der Waals surface area contributed by atoms with E-state index in [1.807, 2.05) is 0 Å². The topological polar surface area (TPSA) is 66.3 Å². The third-order valence-corrected chi connectivity index (χ3v) is 2.69. The van der Waals surface area contributed by atoms with Crippen molar-refractivity contribution in [2.24, 2.45) is 0 Å². The number of carbonyl (C=O) groups is 1. The predicted octanol–water partition coefficient (Wildman–Crippen LogP) is 2.18. The maximum atomic E-state index is 12.6. The molecule has 19 heavy (non-hydrogen) atoms. The van der Waals surface area contributed by atoms with Gasteiger partial charge in [-0.15, -0.1) is 0 Å². The summed E-state index contributed by atoms with van der Waals surface area (Å²) in [6.07, 6.45) is -3.63. The van der Waals surface area contributed by atoms with Crippen molar-refractivity contribution in [3.8, 4) is 0 Å². The summed E-state index contributed by atoms with van der Waals surface area (Å²) in [5.74, 6) is -1.43. The SMILES string of the molecule is CCN(c1nccc(C(F)(F)F)n1)C(C)(C)C(=O)O. The first-order valence-corrected chi connectivity index (χ1v) is 5.52. The molecule has 0 aliphatic heterocycles. The molecule has 0 aliphatic carbocycles. The van der Waals surface area contributed by atoms with Crippen molar-refractivity contribution < 1.29 is 23.1 Å². The Balaban J connectivity index is 3.24. The van der Waals surface area contributed by atoms with Gasteiger partial charge in [0.25, 0.3) is 0 Å². The molecule has 1 N–H and O–H groups in total. The Kier molecular flexibility index (Phi) is 4.02. The van der Waals surface area contributed by atoms with Crippen molar-refractivity contribution in [2.75, 3.05) is 11.4 Å². The smallest absolute Gasteiger partial charge is 0.433 e. The maximum Gasteiger partial charge on any atom is 0.433 e. The molecule has 0 fully saturated rings. The fraction of sp³-hybridized carbons (Fsp3) is 0.545. The van der Waals surface area contributed by atoms with E-state index in [1.165, 1.54) is 18.7 Å². The van der Waals surface area contributed by atoms with Gasteiger partial charge in [-0.2, -0.15) is 13.2 Å². The van der Waals surface area contributed by atoms with Crippen molar-refractivity contribution in [3.63, 3.8) is 0 Å². The Hall–Kier alpha value is -1.86. The van der Waals surface area contributed by atoms with Crippen LogP contribution in [0.1, 0.15) is 26.5 Å². The van der Waals surface area contributed by atoms with Gasteiger partial charge in [-0.25, -0.2) is 14.8 Å². The summed E-state index contributed by atoms with van der Waals surface area (Å²) in [4.78, 5) is 19.5. The Bertz CT molecular complexity index is 474. The number of alkyl halides is 3. The highest BCUT2D eigenvalue weighted by Gasteiger charge is 2.37. The van der Waals surface area contributed by atoms with E-state index in [0.717, 1.165) is 12.3 Å². The average molecular weight is 277 g/mol. The Morgan fingerprint density at radius 1 is 1.42 bits per heavy atom. The number of halogens is 3. The van der Waals surface area contributed by atoms with E-state index < -0.39 is 23.4 Å². The van der Waals surface area contributed by atoms with Crippen LogP contribution in [-0.2, 0) is 11.0 Å². The zero-order valence-electron chi connectivity index (χ0n) is 10.7. The molecule has 8 heteroatoms. The van der Waals surface area contributed by atoms with E-state index >= 15 is 0 Å². The molecule has 0 saturated carbocycles. The van der Waals surface area contributed by atoms with Crippen molar-refractivity contribution in [2.45, 2.75) is 32.5 Å². The van der Waals surface area contributed by atoms with Crippen LogP contribution < -0.4 is 4.90 Å². The molecule has 5 nitrogen and oxygen atoms in total. The second-order valence-electron chi connectivity index (χ2n) is 4.35. The van der Waals surface area contributed by atoms with Crippen LogP contribution in [0.25, 0.3) is 0 Å². The molecule has 0 spiro atoms. The number of carboxylic acids is 1. The third-order valence-electron chi connectivity index (χ3n) is 2.69. The zero-order chi connectivity index (χ0) is 14.8. The monoisotopic (exact) mass is 277 g/mol. The van der Waals surface area contributed by atoms with Crippen molar-refractivity contribution in [1.29, 1.82) is 0 Å². The maximum absolute atomic E-state index is 12.6. The normalized spacial score (nSPS) is 12.3. The van der Waals surface area contributed by atoms with Gasteiger partial charge in [-0.1, -0.05) is 0 Å². The number of rotatable bonds is 4. The van der Waals surface area contributed by atoms with E-state index in [0.29, 0.717) is 0 Å². The second-order valence-corrected chi connectivity index (χ2v) is 4.35. The zero-order valence-corrected chi connectivity index (χ0v) is 10.7. The molecule has 1 aromatic heterocycles. The summed E-state index contributed by atoms with van der Waals surface area (Å²) >= 11 is 0. The minimum atomic E-state index is -4.59. The van der Waals surface area contributed by atoms with Crippen molar-refractivity contribution in [1.82, 2.24) is 9.97 Å². The summed E-state index contributed by atoms with van der Waals surface area (Å²) in [7, 11) is 0. The van der Waals surface area contributed by atoms with Crippen LogP contribution in [0.4, 0.5) is 19.1 Å². The van der Waals surface area contributed by atoms with Gasteiger partial charge < -0.3 is 10.0 Å². The van der Waals surface area contributed by atoms with Gasteiger partial charge in [0.05, 0.1) is 0 Å². The van der Waals surface area contributed by atoms with Crippen LogP contribution in [0.15, 0.2) is 12.3 Å². The van der Waals surface area contributed by atoms with E-state index in [1.54, 1.807) is 6.92 Å². The molecular formula is C11H14F3N3O2. The molecule has 0 aliphatic rings. The molecule has 1 rings (SSSR count). The lowest BCUT2D eigenvalue weighted by Crippen LogP contribution is -2.51. The quantitative estimate of drug-likeness (QED) is 0.913. The van der Waals surface area contributed by atoms with E-state index in [-0.39, 0.29) is 12.5 Å². The predicted molar refractivity (Wildman–Crippen MR) is 61.8 cm³/mol. The third kappa shape index (κ3) is 3.12. The van der Waals surface area contributed by atoms with Gasteiger partial charge in [-0.05, 0) is 26.8 Å².